The minimum absolute atomic E-state index is 0.00368. The molecular weight excluding hydrogens is 296 g/mol. The van der Waals surface area contributed by atoms with Gasteiger partial charge in [-0.3, -0.25) is 19.2 Å². The molecular formula is C14H18O8. The van der Waals surface area contributed by atoms with Gasteiger partial charge < -0.3 is 20.4 Å². The van der Waals surface area contributed by atoms with Gasteiger partial charge in [-0.25, -0.2) is 0 Å². The summed E-state index contributed by atoms with van der Waals surface area (Å²) >= 11 is 0. The molecule has 0 aliphatic heterocycles. The Morgan fingerprint density at radius 1 is 0.909 bits per heavy atom. The molecule has 1 aliphatic rings. The van der Waals surface area contributed by atoms with Crippen LogP contribution in [0, 0.1) is 22.2 Å². The van der Waals surface area contributed by atoms with Crippen LogP contribution >= 0.6 is 0 Å². The van der Waals surface area contributed by atoms with Crippen molar-refractivity contribution < 1.29 is 39.6 Å². The first-order valence-corrected chi connectivity index (χ1v) is 6.40. The third-order valence-electron chi connectivity index (χ3n) is 5.14. The fourth-order valence-corrected chi connectivity index (χ4v) is 3.25. The first-order chi connectivity index (χ1) is 9.77. The van der Waals surface area contributed by atoms with E-state index in [4.69, 9.17) is 0 Å². The minimum atomic E-state index is -2.35. The van der Waals surface area contributed by atoms with Gasteiger partial charge in [-0.2, -0.15) is 0 Å². The average molecular weight is 314 g/mol. The van der Waals surface area contributed by atoms with E-state index in [9.17, 15) is 39.6 Å². The summed E-state index contributed by atoms with van der Waals surface area (Å²) in [6, 6.07) is 0. The van der Waals surface area contributed by atoms with Gasteiger partial charge in [0.2, 0.25) is 0 Å². The monoisotopic (exact) mass is 314 g/mol. The summed E-state index contributed by atoms with van der Waals surface area (Å²) < 4.78 is 0. The van der Waals surface area contributed by atoms with Gasteiger partial charge in [0.25, 0.3) is 0 Å². The van der Waals surface area contributed by atoms with Crippen LogP contribution in [0.1, 0.15) is 27.7 Å². The Kier molecular flexibility index (Phi) is 3.87. The fourth-order valence-electron chi connectivity index (χ4n) is 3.25. The molecule has 8 nitrogen and oxygen atoms in total. The van der Waals surface area contributed by atoms with Crippen molar-refractivity contribution in [3.8, 4) is 0 Å². The van der Waals surface area contributed by atoms with Crippen molar-refractivity contribution in [1.29, 1.82) is 0 Å². The maximum Gasteiger partial charge on any atom is 0.314 e. The molecule has 0 aromatic rings. The molecule has 0 spiro atoms. The second-order valence-electron chi connectivity index (χ2n) is 6.12. The molecule has 0 aromatic heterocycles. The van der Waals surface area contributed by atoms with Crippen LogP contribution in [0.5, 0.6) is 0 Å². The van der Waals surface area contributed by atoms with Crippen LogP contribution in [0.2, 0.25) is 0 Å². The van der Waals surface area contributed by atoms with Crippen LogP contribution in [0.3, 0.4) is 0 Å². The largest absolute Gasteiger partial charge is 0.481 e. The maximum absolute atomic E-state index is 11.8. The van der Waals surface area contributed by atoms with E-state index in [0.717, 1.165) is 26.8 Å². The molecule has 0 heterocycles. The highest BCUT2D eigenvalue weighted by Gasteiger charge is 2.70. The van der Waals surface area contributed by atoms with Crippen molar-refractivity contribution in [2.75, 3.05) is 0 Å². The van der Waals surface area contributed by atoms with Crippen LogP contribution in [-0.2, 0) is 19.2 Å². The van der Waals surface area contributed by atoms with Crippen molar-refractivity contribution in [2.45, 2.75) is 27.7 Å². The van der Waals surface area contributed by atoms with Crippen molar-refractivity contribution in [3.05, 3.63) is 11.6 Å². The predicted octanol–water partition coefficient (Wildman–Crippen LogP) is 0.920. The summed E-state index contributed by atoms with van der Waals surface area (Å²) in [5.41, 5.74) is -6.46. The molecule has 4 unspecified atom stereocenters. The second kappa shape index (κ2) is 4.82. The first kappa shape index (κ1) is 17.7. The van der Waals surface area contributed by atoms with Crippen LogP contribution in [0.25, 0.3) is 0 Å². The second-order valence-corrected chi connectivity index (χ2v) is 6.12. The van der Waals surface area contributed by atoms with Crippen molar-refractivity contribution in [3.63, 3.8) is 0 Å². The van der Waals surface area contributed by atoms with Crippen molar-refractivity contribution >= 4 is 23.9 Å². The van der Waals surface area contributed by atoms with Crippen LogP contribution in [-0.4, -0.2) is 44.3 Å². The van der Waals surface area contributed by atoms with E-state index in [-0.39, 0.29) is 5.57 Å². The number of hydrogen-bond acceptors (Lipinski definition) is 4. The summed E-state index contributed by atoms with van der Waals surface area (Å²) in [7, 11) is 0. The van der Waals surface area contributed by atoms with Gasteiger partial charge in [-0.15, -0.1) is 0 Å². The first-order valence-electron chi connectivity index (χ1n) is 6.40. The standard InChI is InChI=1S/C14H18O8/c1-6-5-12(2,9(17)18)14(4,11(21)22)7(8(15)16)13(6,3)10(19)20/h5,7H,1-4H3,(H,15,16)(H,17,18)(H,19,20)(H,21,22). The number of carbonyl (C=O) groups is 4. The Balaban J connectivity index is 3.97. The zero-order valence-corrected chi connectivity index (χ0v) is 12.6. The van der Waals surface area contributed by atoms with Crippen LogP contribution < -0.4 is 0 Å². The minimum Gasteiger partial charge on any atom is -0.481 e. The number of carboxylic acids is 4. The molecule has 8 heteroatoms. The topological polar surface area (TPSA) is 149 Å². The molecule has 0 saturated heterocycles. The van der Waals surface area contributed by atoms with E-state index in [1.807, 2.05) is 0 Å². The summed E-state index contributed by atoms with van der Waals surface area (Å²) in [4.78, 5) is 46.8. The smallest absolute Gasteiger partial charge is 0.314 e. The summed E-state index contributed by atoms with van der Waals surface area (Å²) in [6.07, 6.45) is 1.04. The molecule has 0 fully saturated rings. The molecule has 1 aliphatic carbocycles. The quantitative estimate of drug-likeness (QED) is 0.559. The Hall–Kier alpha value is -2.38. The maximum atomic E-state index is 11.8. The zero-order chi connectivity index (χ0) is 17.7. The highest BCUT2D eigenvalue weighted by atomic mass is 16.4. The molecule has 4 atom stereocenters. The van der Waals surface area contributed by atoms with Crippen molar-refractivity contribution in [2.24, 2.45) is 22.2 Å². The number of rotatable bonds is 4. The predicted molar refractivity (Wildman–Crippen MR) is 72.1 cm³/mol. The van der Waals surface area contributed by atoms with Gasteiger partial charge in [0.05, 0.1) is 16.7 Å². The Morgan fingerprint density at radius 3 is 1.64 bits per heavy atom. The number of carboxylic acid groups (broad SMARTS) is 4. The lowest BCUT2D eigenvalue weighted by molar-refractivity contribution is -0.190. The van der Waals surface area contributed by atoms with E-state index >= 15 is 0 Å². The molecule has 0 aromatic carbocycles. The molecule has 0 radical (unpaired) electrons. The van der Waals surface area contributed by atoms with E-state index in [1.165, 1.54) is 6.92 Å². The highest BCUT2D eigenvalue weighted by molar-refractivity contribution is 5.97. The van der Waals surface area contributed by atoms with E-state index in [2.05, 4.69) is 0 Å². The van der Waals surface area contributed by atoms with Crippen molar-refractivity contribution in [1.82, 2.24) is 0 Å². The summed E-state index contributed by atoms with van der Waals surface area (Å²) in [5, 5.41) is 38.0. The molecule has 0 bridgehead atoms. The van der Waals surface area contributed by atoms with E-state index in [0.29, 0.717) is 0 Å². The Morgan fingerprint density at radius 2 is 1.36 bits per heavy atom. The Bertz CT molecular complexity index is 606. The molecule has 0 saturated carbocycles. The third-order valence-corrected chi connectivity index (χ3v) is 5.14. The molecule has 0 amide bonds. The van der Waals surface area contributed by atoms with Gasteiger partial charge >= 0.3 is 23.9 Å². The lowest BCUT2D eigenvalue weighted by Gasteiger charge is -2.51. The van der Waals surface area contributed by atoms with Crippen LogP contribution in [0.4, 0.5) is 0 Å². The number of aliphatic carboxylic acids is 4. The lowest BCUT2D eigenvalue weighted by Crippen LogP contribution is -2.63. The summed E-state index contributed by atoms with van der Waals surface area (Å²) in [6.45, 7) is 4.45. The van der Waals surface area contributed by atoms with E-state index in [1.54, 1.807) is 0 Å². The van der Waals surface area contributed by atoms with Gasteiger partial charge in [0.1, 0.15) is 5.41 Å². The average Bonchev–Trinajstić information content (AvgIpc) is 2.35. The van der Waals surface area contributed by atoms with Gasteiger partial charge in [0.15, 0.2) is 0 Å². The number of hydrogen-bond donors (Lipinski definition) is 4. The lowest BCUT2D eigenvalue weighted by atomic mass is 9.47. The fraction of sp³-hybridized carbons (Fsp3) is 0.571. The van der Waals surface area contributed by atoms with E-state index < -0.39 is 46.0 Å². The normalized spacial score (nSPS) is 38.0. The zero-order valence-electron chi connectivity index (χ0n) is 12.6. The third kappa shape index (κ3) is 1.83. The Labute approximate surface area is 126 Å². The molecule has 4 N–H and O–H groups in total. The highest BCUT2D eigenvalue weighted by Crippen LogP contribution is 2.59. The van der Waals surface area contributed by atoms with Crippen LogP contribution in [0.15, 0.2) is 11.6 Å². The molecule has 122 valence electrons. The van der Waals surface area contributed by atoms with Gasteiger partial charge in [0, 0.05) is 0 Å². The van der Waals surface area contributed by atoms with Gasteiger partial charge in [-0.1, -0.05) is 11.6 Å². The van der Waals surface area contributed by atoms with Gasteiger partial charge in [-0.05, 0) is 27.7 Å². The molecule has 1 rings (SSSR count). The summed E-state index contributed by atoms with van der Waals surface area (Å²) in [5.74, 6) is -8.36. The SMILES string of the molecule is CC1=CC(C)(C(=O)O)C(C)(C(=O)O)C(C(=O)O)C1(C)C(=O)O. The molecule has 22 heavy (non-hydrogen) atoms.